The number of likely N-dealkylation sites (tertiary alicyclic amines) is 1. The molecule has 5 heterocycles. The number of rotatable bonds is 9. The van der Waals surface area contributed by atoms with Crippen LogP contribution in [-0.4, -0.2) is 56.3 Å². The topological polar surface area (TPSA) is 114 Å². The lowest BCUT2D eigenvalue weighted by Gasteiger charge is -2.32. The molecule has 0 radical (unpaired) electrons. The van der Waals surface area contributed by atoms with Crippen LogP contribution in [0.4, 0.5) is 0 Å². The normalized spacial score (nSPS) is 17.6. The van der Waals surface area contributed by atoms with Crippen LogP contribution in [0.1, 0.15) is 58.2 Å². The van der Waals surface area contributed by atoms with E-state index in [-0.39, 0.29) is 11.7 Å². The number of aromatic nitrogens is 3. The van der Waals surface area contributed by atoms with Crippen LogP contribution >= 0.6 is 11.3 Å². The van der Waals surface area contributed by atoms with Crippen molar-refractivity contribution < 1.29 is 19.4 Å². The summed E-state index contributed by atoms with van der Waals surface area (Å²) >= 11 is 1.57. The summed E-state index contributed by atoms with van der Waals surface area (Å²) < 4.78 is 15.0. The Balaban J connectivity index is 1.01. The summed E-state index contributed by atoms with van der Waals surface area (Å²) in [6.07, 6.45) is 3.12. The van der Waals surface area contributed by atoms with Gasteiger partial charge in [0.1, 0.15) is 18.5 Å². The minimum atomic E-state index is -0.935. The van der Waals surface area contributed by atoms with Crippen molar-refractivity contribution in [3.63, 3.8) is 0 Å². The van der Waals surface area contributed by atoms with Crippen molar-refractivity contribution in [3.8, 4) is 11.9 Å². The van der Waals surface area contributed by atoms with Crippen molar-refractivity contribution in [3.05, 3.63) is 88.2 Å². The van der Waals surface area contributed by atoms with Crippen molar-refractivity contribution in [2.24, 2.45) is 0 Å². The van der Waals surface area contributed by atoms with E-state index in [0.29, 0.717) is 37.1 Å². The molecule has 2 saturated heterocycles. The molecule has 1 atom stereocenters. The number of carboxylic acid groups (broad SMARTS) is 1. The van der Waals surface area contributed by atoms with Crippen LogP contribution in [0.25, 0.3) is 21.1 Å². The highest BCUT2D eigenvalue weighted by Gasteiger charge is 2.26. The standard InChI is InChI=1S/C33H31N5O4S/c34-16-23-3-1-4-26-24(20-43-32(23)26)19-42-31-6-2-5-27(36-31)21-9-12-37(13-10-21)18-30-35-28-8-7-22(33(39)40)15-29(28)38(30)17-25-11-14-41-25/h1-8,15,20-21,25H,9-14,17-19H2,(H,39,40). The molecule has 2 fully saturated rings. The average molecular weight is 594 g/mol. The van der Waals surface area contributed by atoms with E-state index in [4.69, 9.17) is 19.4 Å². The predicted molar refractivity (Wildman–Crippen MR) is 163 cm³/mol. The molecule has 43 heavy (non-hydrogen) atoms. The molecule has 3 aromatic heterocycles. The number of nitriles is 1. The molecular formula is C33H31N5O4S. The van der Waals surface area contributed by atoms with Gasteiger partial charge in [-0.05, 0) is 68.1 Å². The third kappa shape index (κ3) is 5.59. The molecule has 0 amide bonds. The second-order valence-electron chi connectivity index (χ2n) is 11.2. The Morgan fingerprint density at radius 1 is 1.12 bits per heavy atom. The number of pyridine rings is 1. The quantitative estimate of drug-likeness (QED) is 0.223. The molecule has 0 spiro atoms. The summed E-state index contributed by atoms with van der Waals surface area (Å²) in [6.45, 7) is 4.41. The maximum absolute atomic E-state index is 11.6. The monoisotopic (exact) mass is 593 g/mol. The first-order chi connectivity index (χ1) is 21.1. The van der Waals surface area contributed by atoms with E-state index in [2.05, 4.69) is 27.0 Å². The zero-order chi connectivity index (χ0) is 29.3. The second-order valence-corrected chi connectivity index (χ2v) is 12.1. The summed E-state index contributed by atoms with van der Waals surface area (Å²) in [5, 5.41) is 22.0. The zero-order valence-electron chi connectivity index (χ0n) is 23.6. The van der Waals surface area contributed by atoms with Gasteiger partial charge in [0.2, 0.25) is 5.88 Å². The smallest absolute Gasteiger partial charge is 0.335 e. The van der Waals surface area contributed by atoms with Crippen LogP contribution < -0.4 is 4.74 Å². The minimum Gasteiger partial charge on any atom is -0.478 e. The summed E-state index contributed by atoms with van der Waals surface area (Å²) in [7, 11) is 0. The summed E-state index contributed by atoms with van der Waals surface area (Å²) in [5.41, 5.74) is 4.74. The Labute approximate surface area is 252 Å². The van der Waals surface area contributed by atoms with Gasteiger partial charge >= 0.3 is 5.97 Å². The number of benzene rings is 2. The fourth-order valence-corrected chi connectivity index (χ4v) is 7.07. The fourth-order valence-electron chi connectivity index (χ4n) is 6.05. The summed E-state index contributed by atoms with van der Waals surface area (Å²) in [5.74, 6) is 0.974. The van der Waals surface area contributed by atoms with Crippen LogP contribution in [0.3, 0.4) is 0 Å². The predicted octanol–water partition coefficient (Wildman–Crippen LogP) is 5.96. The van der Waals surface area contributed by atoms with Crippen molar-refractivity contribution in [1.29, 1.82) is 5.26 Å². The van der Waals surface area contributed by atoms with Crippen LogP contribution in [0.15, 0.2) is 60.0 Å². The molecular weight excluding hydrogens is 562 g/mol. The van der Waals surface area contributed by atoms with Gasteiger partial charge in [0.25, 0.3) is 0 Å². The molecule has 9 nitrogen and oxygen atoms in total. The molecule has 218 valence electrons. The minimum absolute atomic E-state index is 0.143. The Kier molecular flexibility index (Phi) is 7.53. The molecule has 10 heteroatoms. The molecule has 0 aliphatic carbocycles. The fraction of sp³-hybridized carbons (Fsp3) is 0.333. The van der Waals surface area contributed by atoms with E-state index < -0.39 is 5.97 Å². The van der Waals surface area contributed by atoms with Gasteiger partial charge in [-0.1, -0.05) is 18.2 Å². The van der Waals surface area contributed by atoms with E-state index in [9.17, 15) is 15.2 Å². The van der Waals surface area contributed by atoms with Crippen molar-refractivity contribution in [2.75, 3.05) is 19.7 Å². The van der Waals surface area contributed by atoms with Crippen molar-refractivity contribution in [2.45, 2.75) is 51.0 Å². The van der Waals surface area contributed by atoms with Gasteiger partial charge < -0.3 is 19.1 Å². The highest BCUT2D eigenvalue weighted by molar-refractivity contribution is 7.17. The molecule has 2 aliphatic heterocycles. The Morgan fingerprint density at radius 3 is 2.72 bits per heavy atom. The zero-order valence-corrected chi connectivity index (χ0v) is 24.4. The van der Waals surface area contributed by atoms with Gasteiger partial charge in [0.15, 0.2) is 0 Å². The summed E-state index contributed by atoms with van der Waals surface area (Å²) in [6, 6.07) is 19.2. The lowest BCUT2D eigenvalue weighted by molar-refractivity contribution is -0.0592. The SMILES string of the molecule is N#Cc1cccc2c(COc3cccc(C4CCN(Cc5nc6ccc(C(=O)O)cc6n5CC5CCO5)CC4)n3)csc12. The van der Waals surface area contributed by atoms with Gasteiger partial charge in [-0.2, -0.15) is 5.26 Å². The molecule has 1 unspecified atom stereocenters. The number of nitrogens with zero attached hydrogens (tertiary/aromatic N) is 5. The van der Waals surface area contributed by atoms with Gasteiger partial charge in [-0.3, -0.25) is 4.90 Å². The van der Waals surface area contributed by atoms with E-state index >= 15 is 0 Å². The third-order valence-electron chi connectivity index (χ3n) is 8.55. The highest BCUT2D eigenvalue weighted by Crippen LogP contribution is 2.32. The number of hydrogen-bond donors (Lipinski definition) is 1. The largest absolute Gasteiger partial charge is 0.478 e. The first-order valence-electron chi connectivity index (χ1n) is 14.6. The summed E-state index contributed by atoms with van der Waals surface area (Å²) in [4.78, 5) is 23.8. The van der Waals surface area contributed by atoms with Gasteiger partial charge in [-0.25, -0.2) is 14.8 Å². The number of imidazole rings is 1. The van der Waals surface area contributed by atoms with E-state index in [1.807, 2.05) is 30.3 Å². The molecule has 0 saturated carbocycles. The lowest BCUT2D eigenvalue weighted by Crippen LogP contribution is -2.35. The third-order valence-corrected chi connectivity index (χ3v) is 9.62. The first-order valence-corrected chi connectivity index (χ1v) is 15.5. The first kappa shape index (κ1) is 27.5. The number of piperidine rings is 1. The molecule has 7 rings (SSSR count). The van der Waals surface area contributed by atoms with Crippen molar-refractivity contribution >= 4 is 38.4 Å². The molecule has 2 aromatic carbocycles. The number of thiophene rings is 1. The molecule has 1 N–H and O–H groups in total. The lowest BCUT2D eigenvalue weighted by atomic mass is 9.93. The van der Waals surface area contributed by atoms with Crippen LogP contribution in [0.5, 0.6) is 5.88 Å². The number of hydrogen-bond acceptors (Lipinski definition) is 8. The molecule has 0 bridgehead atoms. The second kappa shape index (κ2) is 11.8. The maximum Gasteiger partial charge on any atom is 0.335 e. The Morgan fingerprint density at radius 2 is 1.95 bits per heavy atom. The van der Waals surface area contributed by atoms with E-state index in [1.54, 1.807) is 29.5 Å². The van der Waals surface area contributed by atoms with Crippen LogP contribution in [-0.2, 0) is 24.4 Å². The number of ether oxygens (including phenoxy) is 2. The number of fused-ring (bicyclic) bond motifs is 2. The van der Waals surface area contributed by atoms with E-state index in [1.165, 1.54) is 0 Å². The van der Waals surface area contributed by atoms with Gasteiger partial charge in [0, 0.05) is 35.2 Å². The number of carboxylic acids is 1. The highest BCUT2D eigenvalue weighted by atomic mass is 32.1. The Hall–Kier alpha value is -4.30. The van der Waals surface area contributed by atoms with Gasteiger partial charge in [0.05, 0.1) is 46.1 Å². The van der Waals surface area contributed by atoms with Crippen LogP contribution in [0.2, 0.25) is 0 Å². The van der Waals surface area contributed by atoms with E-state index in [0.717, 1.165) is 77.2 Å². The number of carbonyl (C=O) groups is 1. The van der Waals surface area contributed by atoms with Crippen LogP contribution in [0, 0.1) is 11.3 Å². The average Bonchev–Trinajstić information content (AvgIpc) is 3.58. The van der Waals surface area contributed by atoms with Crippen molar-refractivity contribution in [1.82, 2.24) is 19.4 Å². The maximum atomic E-state index is 11.6. The molecule has 5 aromatic rings. The molecule has 2 aliphatic rings. The van der Waals surface area contributed by atoms with Gasteiger partial charge in [-0.15, -0.1) is 11.3 Å². The Bertz CT molecular complexity index is 1850. The number of aromatic carboxylic acids is 1.